The van der Waals surface area contributed by atoms with Gasteiger partial charge in [-0.1, -0.05) is 41.9 Å². The number of hydrogen-bond acceptors (Lipinski definition) is 3. The van der Waals surface area contributed by atoms with Gasteiger partial charge >= 0.3 is 0 Å². The molecule has 0 unspecified atom stereocenters. The van der Waals surface area contributed by atoms with Crippen molar-refractivity contribution in [1.82, 2.24) is 9.97 Å². The summed E-state index contributed by atoms with van der Waals surface area (Å²) in [5, 5.41) is 0.341. The number of halogens is 1. The van der Waals surface area contributed by atoms with E-state index in [1.165, 1.54) is 6.20 Å². The molecule has 0 atom stereocenters. The quantitative estimate of drug-likeness (QED) is 0.819. The van der Waals surface area contributed by atoms with Crippen molar-refractivity contribution in [3.05, 3.63) is 52.9 Å². The van der Waals surface area contributed by atoms with Crippen LogP contribution in [0.1, 0.15) is 11.3 Å². The van der Waals surface area contributed by atoms with E-state index in [-0.39, 0.29) is 0 Å². The minimum absolute atomic E-state index is 0.341. The van der Waals surface area contributed by atoms with Gasteiger partial charge in [0, 0.05) is 0 Å². The van der Waals surface area contributed by atoms with E-state index < -0.39 is 0 Å². The van der Waals surface area contributed by atoms with Gasteiger partial charge in [0.2, 0.25) is 5.88 Å². The third-order valence-electron chi connectivity index (χ3n) is 2.10. The molecule has 0 fully saturated rings. The molecule has 1 aromatic heterocycles. The van der Waals surface area contributed by atoms with Crippen LogP contribution in [0.3, 0.4) is 0 Å². The van der Waals surface area contributed by atoms with Crippen molar-refractivity contribution in [1.29, 1.82) is 0 Å². The summed E-state index contributed by atoms with van der Waals surface area (Å²) in [4.78, 5) is 8.14. The molecular formula is C12H11ClN2O. The normalized spacial score (nSPS) is 10.1. The Morgan fingerprint density at radius 2 is 2.00 bits per heavy atom. The molecule has 4 heteroatoms. The summed E-state index contributed by atoms with van der Waals surface area (Å²) in [6, 6.07) is 9.89. The van der Waals surface area contributed by atoms with Crippen molar-refractivity contribution in [2.24, 2.45) is 0 Å². The summed E-state index contributed by atoms with van der Waals surface area (Å²) in [7, 11) is 0. The first-order valence-corrected chi connectivity index (χ1v) is 5.29. The molecule has 0 spiro atoms. The Morgan fingerprint density at radius 3 is 2.75 bits per heavy atom. The number of nitrogens with zero attached hydrogens (tertiary/aromatic N) is 2. The van der Waals surface area contributed by atoms with Crippen LogP contribution in [0.2, 0.25) is 5.15 Å². The number of hydrogen-bond donors (Lipinski definition) is 0. The van der Waals surface area contributed by atoms with Gasteiger partial charge in [-0.2, -0.15) is 4.98 Å². The van der Waals surface area contributed by atoms with E-state index in [0.717, 1.165) is 11.3 Å². The zero-order valence-corrected chi connectivity index (χ0v) is 9.61. The van der Waals surface area contributed by atoms with Gasteiger partial charge in [0.25, 0.3) is 0 Å². The van der Waals surface area contributed by atoms with Gasteiger partial charge in [-0.3, -0.25) is 4.98 Å². The minimum atomic E-state index is 0.341. The SMILES string of the molecule is Cc1ncc(Cl)nc1OCc1ccccc1. The van der Waals surface area contributed by atoms with Crippen LogP contribution in [-0.4, -0.2) is 9.97 Å². The number of ether oxygens (including phenoxy) is 1. The van der Waals surface area contributed by atoms with Crippen molar-refractivity contribution in [3.63, 3.8) is 0 Å². The average molecular weight is 235 g/mol. The number of aromatic nitrogens is 2. The van der Waals surface area contributed by atoms with Gasteiger partial charge in [0.05, 0.1) is 11.9 Å². The molecule has 0 saturated carbocycles. The molecule has 0 aliphatic heterocycles. The third-order valence-corrected chi connectivity index (χ3v) is 2.28. The lowest BCUT2D eigenvalue weighted by molar-refractivity contribution is 0.290. The van der Waals surface area contributed by atoms with Crippen molar-refractivity contribution in [3.8, 4) is 5.88 Å². The molecule has 82 valence electrons. The second-order valence-corrected chi connectivity index (χ2v) is 3.74. The topological polar surface area (TPSA) is 35.0 Å². The van der Waals surface area contributed by atoms with Gasteiger partial charge in [-0.25, -0.2) is 0 Å². The van der Waals surface area contributed by atoms with Gasteiger partial charge in [-0.05, 0) is 12.5 Å². The molecule has 0 aliphatic carbocycles. The molecule has 0 amide bonds. The van der Waals surface area contributed by atoms with E-state index in [9.17, 15) is 0 Å². The summed E-state index contributed by atoms with van der Waals surface area (Å²) in [5.41, 5.74) is 1.82. The molecular weight excluding hydrogens is 224 g/mol. The Kier molecular flexibility index (Phi) is 3.37. The predicted octanol–water partition coefficient (Wildman–Crippen LogP) is 3.02. The molecule has 0 N–H and O–H groups in total. The van der Waals surface area contributed by atoms with Crippen LogP contribution < -0.4 is 4.74 Å². The van der Waals surface area contributed by atoms with Crippen LogP contribution >= 0.6 is 11.6 Å². The summed E-state index contributed by atoms with van der Waals surface area (Å²) >= 11 is 5.74. The fourth-order valence-corrected chi connectivity index (χ4v) is 1.40. The van der Waals surface area contributed by atoms with Crippen molar-refractivity contribution < 1.29 is 4.74 Å². The fourth-order valence-electron chi connectivity index (χ4n) is 1.27. The minimum Gasteiger partial charge on any atom is -0.471 e. The summed E-state index contributed by atoms with van der Waals surface area (Å²) in [5.74, 6) is 0.483. The Hall–Kier alpha value is -1.61. The van der Waals surface area contributed by atoms with Gasteiger partial charge in [-0.15, -0.1) is 0 Å². The first-order chi connectivity index (χ1) is 7.75. The van der Waals surface area contributed by atoms with E-state index in [1.807, 2.05) is 37.3 Å². The lowest BCUT2D eigenvalue weighted by atomic mass is 10.2. The molecule has 1 heterocycles. The van der Waals surface area contributed by atoms with E-state index in [1.54, 1.807) is 0 Å². The highest BCUT2D eigenvalue weighted by molar-refractivity contribution is 6.29. The molecule has 16 heavy (non-hydrogen) atoms. The molecule has 0 radical (unpaired) electrons. The van der Waals surface area contributed by atoms with Crippen LogP contribution in [0.25, 0.3) is 0 Å². The lowest BCUT2D eigenvalue weighted by Gasteiger charge is -2.07. The van der Waals surface area contributed by atoms with E-state index in [4.69, 9.17) is 16.3 Å². The van der Waals surface area contributed by atoms with Crippen molar-refractivity contribution in [2.75, 3.05) is 0 Å². The van der Waals surface area contributed by atoms with Gasteiger partial charge in [0.15, 0.2) is 5.15 Å². The van der Waals surface area contributed by atoms with Crippen LogP contribution in [0.4, 0.5) is 0 Å². The van der Waals surface area contributed by atoms with Gasteiger partial charge < -0.3 is 4.74 Å². The lowest BCUT2D eigenvalue weighted by Crippen LogP contribution is -2.00. The second-order valence-electron chi connectivity index (χ2n) is 3.36. The number of aryl methyl sites for hydroxylation is 1. The molecule has 0 saturated heterocycles. The maximum atomic E-state index is 5.74. The maximum absolute atomic E-state index is 5.74. The summed E-state index contributed by atoms with van der Waals surface area (Å²) < 4.78 is 5.55. The third kappa shape index (κ3) is 2.70. The average Bonchev–Trinajstić information content (AvgIpc) is 2.32. The van der Waals surface area contributed by atoms with E-state index in [0.29, 0.717) is 17.6 Å². The number of benzene rings is 1. The van der Waals surface area contributed by atoms with Gasteiger partial charge in [0.1, 0.15) is 6.61 Å². The first-order valence-electron chi connectivity index (χ1n) is 4.91. The monoisotopic (exact) mass is 234 g/mol. The standard InChI is InChI=1S/C12H11ClN2O/c1-9-12(15-11(13)7-14-9)16-8-10-5-3-2-4-6-10/h2-7H,8H2,1H3. The van der Waals surface area contributed by atoms with Crippen LogP contribution in [-0.2, 0) is 6.61 Å². The Bertz CT molecular complexity index is 474. The maximum Gasteiger partial charge on any atom is 0.237 e. The Labute approximate surface area is 99.1 Å². The smallest absolute Gasteiger partial charge is 0.237 e. The van der Waals surface area contributed by atoms with Crippen molar-refractivity contribution in [2.45, 2.75) is 13.5 Å². The van der Waals surface area contributed by atoms with Crippen LogP contribution in [0.5, 0.6) is 5.88 Å². The second kappa shape index (κ2) is 4.94. The largest absolute Gasteiger partial charge is 0.471 e. The molecule has 0 aliphatic rings. The van der Waals surface area contributed by atoms with Crippen LogP contribution in [0, 0.1) is 6.92 Å². The molecule has 3 nitrogen and oxygen atoms in total. The Morgan fingerprint density at radius 1 is 1.25 bits per heavy atom. The highest BCUT2D eigenvalue weighted by atomic mass is 35.5. The summed E-state index contributed by atoms with van der Waals surface area (Å²) in [6.45, 7) is 2.31. The van der Waals surface area contributed by atoms with Crippen molar-refractivity contribution >= 4 is 11.6 Å². The highest BCUT2D eigenvalue weighted by Crippen LogP contribution is 2.16. The zero-order chi connectivity index (χ0) is 11.4. The zero-order valence-electron chi connectivity index (χ0n) is 8.85. The number of rotatable bonds is 3. The molecule has 2 rings (SSSR count). The van der Waals surface area contributed by atoms with E-state index in [2.05, 4.69) is 9.97 Å². The predicted molar refractivity (Wildman–Crippen MR) is 62.6 cm³/mol. The van der Waals surface area contributed by atoms with E-state index >= 15 is 0 Å². The van der Waals surface area contributed by atoms with Crippen LogP contribution in [0.15, 0.2) is 36.5 Å². The molecule has 2 aromatic rings. The summed E-state index contributed by atoms with van der Waals surface area (Å²) in [6.07, 6.45) is 1.51. The first kappa shape index (κ1) is 10.9. The fraction of sp³-hybridized carbons (Fsp3) is 0.167. The molecule has 0 bridgehead atoms. The highest BCUT2D eigenvalue weighted by Gasteiger charge is 2.03. The Balaban J connectivity index is 2.08. The molecule has 1 aromatic carbocycles.